The first-order valence-corrected chi connectivity index (χ1v) is 13.5. The fourth-order valence-electron chi connectivity index (χ4n) is 6.23. The van der Waals surface area contributed by atoms with Crippen LogP contribution in [-0.2, 0) is 0 Å². The Bertz CT molecular complexity index is 2180. The lowest BCUT2D eigenvalue weighted by Crippen LogP contribution is -2.11. The van der Waals surface area contributed by atoms with Gasteiger partial charge in [0.1, 0.15) is 0 Å². The average molecular weight is 496 g/mol. The molecule has 8 aromatic carbocycles. The van der Waals surface area contributed by atoms with Gasteiger partial charge in [-0.3, -0.25) is 0 Å². The maximum absolute atomic E-state index is 2.46. The van der Waals surface area contributed by atoms with Gasteiger partial charge in [-0.1, -0.05) is 127 Å². The maximum Gasteiger partial charge on any atom is 0.0546 e. The van der Waals surface area contributed by atoms with Gasteiger partial charge in [0.15, 0.2) is 0 Å². The smallest absolute Gasteiger partial charge is 0.0546 e. The molecule has 0 unspecified atom stereocenters. The number of para-hydroxylation sites is 1. The fraction of sp³-hybridized carbons (Fsp3) is 0. The lowest BCUT2D eigenvalue weighted by molar-refractivity contribution is 1.32. The van der Waals surface area contributed by atoms with Crippen LogP contribution in [0.15, 0.2) is 152 Å². The van der Waals surface area contributed by atoms with Gasteiger partial charge in [-0.2, -0.15) is 0 Å². The van der Waals surface area contributed by atoms with Crippen molar-refractivity contribution >= 4 is 70.9 Å². The molecule has 0 fully saturated rings. The second-order valence-corrected chi connectivity index (χ2v) is 10.2. The number of hydrogen-bond donors (Lipinski definition) is 0. The average Bonchev–Trinajstić information content (AvgIpc) is 3.01. The third-order valence-electron chi connectivity index (χ3n) is 7.99. The molecule has 0 aliphatic heterocycles. The molecule has 39 heavy (non-hydrogen) atoms. The zero-order valence-corrected chi connectivity index (χ0v) is 21.4. The first kappa shape index (κ1) is 21.9. The number of fused-ring (bicyclic) bond motifs is 8. The summed E-state index contributed by atoms with van der Waals surface area (Å²) in [5.41, 5.74) is 3.50. The highest BCUT2D eigenvalue weighted by molar-refractivity contribution is 6.22. The summed E-state index contributed by atoms with van der Waals surface area (Å²) in [6, 6.07) is 55.1. The summed E-state index contributed by atoms with van der Waals surface area (Å²) < 4.78 is 0. The van der Waals surface area contributed by atoms with Crippen LogP contribution in [0, 0.1) is 0 Å². The Morgan fingerprint density at radius 2 is 0.744 bits per heavy atom. The fourth-order valence-corrected chi connectivity index (χ4v) is 6.23. The van der Waals surface area contributed by atoms with Crippen molar-refractivity contribution in [1.29, 1.82) is 0 Å². The van der Waals surface area contributed by atoms with Gasteiger partial charge < -0.3 is 4.90 Å². The Kier molecular flexibility index (Phi) is 4.89. The molecule has 182 valence electrons. The topological polar surface area (TPSA) is 3.24 Å². The van der Waals surface area contributed by atoms with E-state index in [-0.39, 0.29) is 0 Å². The van der Waals surface area contributed by atoms with Crippen molar-refractivity contribution in [2.24, 2.45) is 0 Å². The first-order chi connectivity index (χ1) is 19.4. The van der Waals surface area contributed by atoms with Crippen LogP contribution < -0.4 is 4.90 Å². The summed E-state index contributed by atoms with van der Waals surface area (Å²) in [5.74, 6) is 0. The van der Waals surface area contributed by atoms with Crippen LogP contribution >= 0.6 is 0 Å². The lowest BCUT2D eigenvalue weighted by atomic mass is 9.94. The molecule has 0 N–H and O–H groups in total. The van der Waals surface area contributed by atoms with Crippen molar-refractivity contribution in [3.63, 3.8) is 0 Å². The van der Waals surface area contributed by atoms with Crippen molar-refractivity contribution in [2.75, 3.05) is 4.90 Å². The van der Waals surface area contributed by atoms with E-state index in [1.165, 1.54) is 65.2 Å². The molecule has 8 aromatic rings. The van der Waals surface area contributed by atoms with Crippen molar-refractivity contribution in [3.05, 3.63) is 152 Å². The van der Waals surface area contributed by atoms with Crippen molar-refractivity contribution in [1.82, 2.24) is 0 Å². The molecular weight excluding hydrogens is 470 g/mol. The summed E-state index contributed by atoms with van der Waals surface area (Å²) in [4.78, 5) is 2.46. The largest absolute Gasteiger partial charge is 0.309 e. The molecule has 0 radical (unpaired) electrons. The molecule has 0 amide bonds. The van der Waals surface area contributed by atoms with Gasteiger partial charge in [-0.25, -0.2) is 0 Å². The molecular formula is C38H25N. The molecule has 0 aromatic heterocycles. The molecule has 8 rings (SSSR count). The Balaban J connectivity index is 1.56. The molecule has 0 saturated carbocycles. The Labute approximate surface area is 227 Å². The lowest BCUT2D eigenvalue weighted by Gasteiger charge is -2.29. The van der Waals surface area contributed by atoms with Gasteiger partial charge in [0.25, 0.3) is 0 Å². The SMILES string of the molecule is c1ccc(N(c2cc3ccccc3c3ccccc23)c2cc3c4ccccc4ccc3c3ccccc23)cc1. The number of benzene rings is 8. The van der Waals surface area contributed by atoms with Gasteiger partial charge in [-0.15, -0.1) is 0 Å². The van der Waals surface area contributed by atoms with Crippen molar-refractivity contribution < 1.29 is 0 Å². The predicted octanol–water partition coefficient (Wildman–Crippen LogP) is 10.9. The van der Waals surface area contributed by atoms with Crippen molar-refractivity contribution in [3.8, 4) is 0 Å². The summed E-state index contributed by atoms with van der Waals surface area (Å²) in [5, 5.41) is 12.6. The second-order valence-electron chi connectivity index (χ2n) is 10.2. The minimum absolute atomic E-state index is 1.14. The van der Waals surface area contributed by atoms with Gasteiger partial charge in [0, 0.05) is 16.5 Å². The summed E-state index contributed by atoms with van der Waals surface area (Å²) in [7, 11) is 0. The van der Waals surface area contributed by atoms with E-state index >= 15 is 0 Å². The minimum Gasteiger partial charge on any atom is -0.309 e. The van der Waals surface area contributed by atoms with E-state index < -0.39 is 0 Å². The Hall–Kier alpha value is -5.14. The predicted molar refractivity (Wildman–Crippen MR) is 169 cm³/mol. The van der Waals surface area contributed by atoms with Gasteiger partial charge in [-0.05, 0) is 67.4 Å². The van der Waals surface area contributed by atoms with Crippen LogP contribution in [0.3, 0.4) is 0 Å². The van der Waals surface area contributed by atoms with Crippen LogP contribution in [0.1, 0.15) is 0 Å². The van der Waals surface area contributed by atoms with E-state index in [1.807, 2.05) is 0 Å². The van der Waals surface area contributed by atoms with Gasteiger partial charge in [0.05, 0.1) is 11.4 Å². The van der Waals surface area contributed by atoms with E-state index in [9.17, 15) is 0 Å². The van der Waals surface area contributed by atoms with Gasteiger partial charge in [0.2, 0.25) is 0 Å². The van der Waals surface area contributed by atoms with Crippen LogP contribution in [0.5, 0.6) is 0 Å². The molecule has 0 saturated heterocycles. The molecule has 0 heterocycles. The zero-order valence-electron chi connectivity index (χ0n) is 21.4. The van der Waals surface area contributed by atoms with E-state index in [0.717, 1.165) is 5.69 Å². The van der Waals surface area contributed by atoms with Crippen LogP contribution in [0.4, 0.5) is 17.1 Å². The number of rotatable bonds is 3. The molecule has 0 atom stereocenters. The number of hydrogen-bond acceptors (Lipinski definition) is 1. The first-order valence-electron chi connectivity index (χ1n) is 13.5. The van der Waals surface area contributed by atoms with E-state index in [1.54, 1.807) is 0 Å². The second kappa shape index (κ2) is 8.72. The normalized spacial score (nSPS) is 11.6. The zero-order chi connectivity index (χ0) is 25.8. The monoisotopic (exact) mass is 495 g/mol. The summed E-state index contributed by atoms with van der Waals surface area (Å²) in [6.45, 7) is 0. The van der Waals surface area contributed by atoms with Crippen LogP contribution in [-0.4, -0.2) is 0 Å². The Morgan fingerprint density at radius 1 is 0.282 bits per heavy atom. The molecule has 0 bridgehead atoms. The molecule has 1 nitrogen and oxygen atoms in total. The molecule has 0 spiro atoms. The van der Waals surface area contributed by atoms with Crippen molar-refractivity contribution in [2.45, 2.75) is 0 Å². The van der Waals surface area contributed by atoms with E-state index in [4.69, 9.17) is 0 Å². The Morgan fingerprint density at radius 3 is 1.44 bits per heavy atom. The van der Waals surface area contributed by atoms with E-state index in [0.29, 0.717) is 0 Å². The molecule has 0 aliphatic carbocycles. The maximum atomic E-state index is 2.46. The highest BCUT2D eigenvalue weighted by Gasteiger charge is 2.20. The standard InChI is InChI=1S/C38H25N/c1-2-14-28(15-3-1)39(37-24-27-13-5-7-17-30(27)31-18-8-10-20-34(31)37)38-25-36-29-16-6-4-12-26(29)22-23-33(36)32-19-9-11-21-35(32)38/h1-25H. The summed E-state index contributed by atoms with van der Waals surface area (Å²) in [6.07, 6.45) is 0. The third-order valence-corrected chi connectivity index (χ3v) is 7.99. The van der Waals surface area contributed by atoms with E-state index in [2.05, 4.69) is 157 Å². The highest BCUT2D eigenvalue weighted by atomic mass is 15.1. The quantitative estimate of drug-likeness (QED) is 0.220. The molecule has 1 heteroatoms. The van der Waals surface area contributed by atoms with Crippen LogP contribution in [0.2, 0.25) is 0 Å². The summed E-state index contributed by atoms with van der Waals surface area (Å²) >= 11 is 0. The molecule has 0 aliphatic rings. The van der Waals surface area contributed by atoms with Crippen LogP contribution in [0.25, 0.3) is 53.9 Å². The third kappa shape index (κ3) is 3.41. The van der Waals surface area contributed by atoms with Gasteiger partial charge >= 0.3 is 0 Å². The minimum atomic E-state index is 1.14. The highest BCUT2D eigenvalue weighted by Crippen LogP contribution is 2.46. The number of anilines is 3. The number of nitrogens with zero attached hydrogens (tertiary/aromatic N) is 1.